The molecule has 0 N–H and O–H groups in total. The number of para-hydroxylation sites is 1. The predicted octanol–water partition coefficient (Wildman–Crippen LogP) is 2.71. The molecule has 0 radical (unpaired) electrons. The van der Waals surface area contributed by atoms with E-state index in [1.54, 1.807) is 37.3 Å². The molecule has 140 valence electrons. The van der Waals surface area contributed by atoms with Gasteiger partial charge in [-0.25, -0.2) is 0 Å². The van der Waals surface area contributed by atoms with Crippen LogP contribution >= 0.6 is 0 Å². The zero-order valence-corrected chi connectivity index (χ0v) is 14.2. The van der Waals surface area contributed by atoms with Crippen molar-refractivity contribution in [3.05, 3.63) is 74.3 Å². The van der Waals surface area contributed by atoms with Crippen LogP contribution in [0.1, 0.15) is 17.3 Å². The van der Waals surface area contributed by atoms with E-state index >= 15 is 0 Å². The number of ether oxygens (including phenoxy) is 1. The van der Waals surface area contributed by atoms with Gasteiger partial charge in [0.25, 0.3) is 17.3 Å². The lowest BCUT2D eigenvalue weighted by Gasteiger charge is -2.21. The number of carbonyl (C=O) groups is 2. The van der Waals surface area contributed by atoms with Gasteiger partial charge < -0.3 is 4.74 Å². The molecule has 2 rings (SSSR count). The Labute approximate surface area is 153 Å². The van der Waals surface area contributed by atoms with Crippen LogP contribution in [0.4, 0.5) is 17.1 Å². The van der Waals surface area contributed by atoms with Crippen molar-refractivity contribution in [2.24, 2.45) is 0 Å². The molecule has 0 bridgehead atoms. The summed E-state index contributed by atoms with van der Waals surface area (Å²) in [6.45, 7) is 1.27. The van der Waals surface area contributed by atoms with Crippen molar-refractivity contribution in [3.63, 3.8) is 0 Å². The fraction of sp³-hybridized carbons (Fsp3) is 0.176. The average Bonchev–Trinajstić information content (AvgIpc) is 2.66. The van der Waals surface area contributed by atoms with Crippen molar-refractivity contribution < 1.29 is 24.2 Å². The minimum atomic E-state index is -0.831. The topological polar surface area (TPSA) is 133 Å². The van der Waals surface area contributed by atoms with E-state index in [1.807, 2.05) is 0 Å². The lowest BCUT2D eigenvalue weighted by molar-refractivity contribution is -0.394. The maximum absolute atomic E-state index is 12.9. The molecular weight excluding hydrogens is 358 g/mol. The van der Waals surface area contributed by atoms with Crippen LogP contribution in [0.25, 0.3) is 0 Å². The maximum atomic E-state index is 12.9. The molecule has 27 heavy (non-hydrogen) atoms. The molecule has 10 nitrogen and oxygen atoms in total. The number of hydrogen-bond donors (Lipinski definition) is 0. The maximum Gasteiger partial charge on any atom is 0.326 e. The molecule has 0 aliphatic rings. The van der Waals surface area contributed by atoms with Crippen molar-refractivity contribution in [2.75, 3.05) is 18.1 Å². The molecule has 0 aromatic heterocycles. The Morgan fingerprint density at radius 3 is 2.04 bits per heavy atom. The number of amides is 1. The Bertz CT molecular complexity index is 851. The second-order valence-corrected chi connectivity index (χ2v) is 5.28. The van der Waals surface area contributed by atoms with Gasteiger partial charge in [0.2, 0.25) is 0 Å². The molecule has 0 saturated carbocycles. The molecule has 10 heteroatoms. The monoisotopic (exact) mass is 373 g/mol. The predicted molar refractivity (Wildman–Crippen MR) is 94.5 cm³/mol. The second-order valence-electron chi connectivity index (χ2n) is 5.28. The van der Waals surface area contributed by atoms with E-state index in [4.69, 9.17) is 4.74 Å². The smallest absolute Gasteiger partial charge is 0.326 e. The number of benzene rings is 2. The lowest BCUT2D eigenvalue weighted by atomic mass is 10.1. The van der Waals surface area contributed by atoms with Gasteiger partial charge in [-0.15, -0.1) is 0 Å². The van der Waals surface area contributed by atoms with Crippen LogP contribution in [0.2, 0.25) is 0 Å². The summed E-state index contributed by atoms with van der Waals surface area (Å²) in [5, 5.41) is 22.1. The largest absolute Gasteiger partial charge is 0.465 e. The summed E-state index contributed by atoms with van der Waals surface area (Å²) in [6, 6.07) is 10.7. The van der Waals surface area contributed by atoms with Crippen molar-refractivity contribution in [1.29, 1.82) is 0 Å². The van der Waals surface area contributed by atoms with Crippen LogP contribution in [0.15, 0.2) is 48.5 Å². The first-order valence-corrected chi connectivity index (χ1v) is 7.80. The van der Waals surface area contributed by atoms with Gasteiger partial charge in [-0.1, -0.05) is 18.2 Å². The molecule has 0 fully saturated rings. The number of carbonyl (C=O) groups excluding carboxylic acids is 2. The minimum Gasteiger partial charge on any atom is -0.465 e. The normalized spacial score (nSPS) is 10.1. The van der Waals surface area contributed by atoms with E-state index in [1.165, 1.54) is 0 Å². The number of nitro groups is 2. The van der Waals surface area contributed by atoms with E-state index < -0.39 is 39.6 Å². The number of esters is 1. The molecule has 0 spiro atoms. The molecule has 0 heterocycles. The van der Waals surface area contributed by atoms with E-state index in [0.29, 0.717) is 5.69 Å². The van der Waals surface area contributed by atoms with Crippen molar-refractivity contribution >= 4 is 28.9 Å². The Kier molecular flexibility index (Phi) is 6.15. The standard InChI is InChI=1S/C17H15N3O7/c1-2-27-16(21)11-18(13-6-4-3-5-7-13)17(22)12-8-14(19(23)24)10-15(9-12)20(25)26/h3-10H,2,11H2,1H3. The van der Waals surface area contributed by atoms with E-state index in [9.17, 15) is 29.8 Å². The quantitative estimate of drug-likeness (QED) is 0.414. The van der Waals surface area contributed by atoms with Crippen LogP contribution in [0, 0.1) is 20.2 Å². The van der Waals surface area contributed by atoms with Gasteiger partial charge in [0.05, 0.1) is 28.1 Å². The first-order chi connectivity index (χ1) is 12.8. The molecular formula is C17H15N3O7. The SMILES string of the molecule is CCOC(=O)CN(C(=O)c1cc([N+](=O)[O-])cc([N+](=O)[O-])c1)c1ccccc1. The number of anilines is 1. The third kappa shape index (κ3) is 4.84. The zero-order valence-electron chi connectivity index (χ0n) is 14.2. The van der Waals surface area contributed by atoms with Crippen LogP contribution < -0.4 is 4.90 Å². The summed E-state index contributed by atoms with van der Waals surface area (Å²) in [4.78, 5) is 46.2. The zero-order chi connectivity index (χ0) is 20.0. The minimum absolute atomic E-state index is 0.109. The van der Waals surface area contributed by atoms with Gasteiger partial charge in [-0.2, -0.15) is 0 Å². The Morgan fingerprint density at radius 2 is 1.56 bits per heavy atom. The Balaban J connectivity index is 2.49. The molecule has 1 amide bonds. The summed E-state index contributed by atoms with van der Waals surface area (Å²) in [6.07, 6.45) is 0. The third-order valence-corrected chi connectivity index (χ3v) is 3.48. The highest BCUT2D eigenvalue weighted by molar-refractivity contribution is 6.09. The first-order valence-electron chi connectivity index (χ1n) is 7.80. The number of nitro benzene ring substituents is 2. The molecule has 0 unspecified atom stereocenters. The summed E-state index contributed by atoms with van der Waals surface area (Å²) in [7, 11) is 0. The number of hydrogen-bond acceptors (Lipinski definition) is 7. The molecule has 2 aromatic rings. The van der Waals surface area contributed by atoms with Gasteiger partial charge in [-0.05, 0) is 19.1 Å². The molecule has 0 aliphatic carbocycles. The van der Waals surface area contributed by atoms with Crippen LogP contribution in [-0.2, 0) is 9.53 Å². The lowest BCUT2D eigenvalue weighted by Crippen LogP contribution is -2.36. The van der Waals surface area contributed by atoms with E-state index in [0.717, 1.165) is 23.1 Å². The Morgan fingerprint density at radius 1 is 1.00 bits per heavy atom. The summed E-state index contributed by atoms with van der Waals surface area (Å²) in [5.74, 6) is -1.49. The van der Waals surface area contributed by atoms with E-state index in [2.05, 4.69) is 0 Å². The summed E-state index contributed by atoms with van der Waals surface area (Å²) in [5.41, 5.74) is -1.15. The van der Waals surface area contributed by atoms with Gasteiger partial charge >= 0.3 is 5.97 Å². The molecule has 0 aliphatic heterocycles. The second kappa shape index (κ2) is 8.52. The highest BCUT2D eigenvalue weighted by Crippen LogP contribution is 2.25. The highest BCUT2D eigenvalue weighted by Gasteiger charge is 2.26. The van der Waals surface area contributed by atoms with Gasteiger partial charge in [0.1, 0.15) is 6.54 Å². The third-order valence-electron chi connectivity index (χ3n) is 3.48. The number of rotatable bonds is 7. The van der Waals surface area contributed by atoms with Crippen molar-refractivity contribution in [1.82, 2.24) is 0 Å². The summed E-state index contributed by atoms with van der Waals surface area (Å²) >= 11 is 0. The first kappa shape index (κ1) is 19.5. The molecule has 2 aromatic carbocycles. The van der Waals surface area contributed by atoms with Crippen LogP contribution in [0.3, 0.4) is 0 Å². The van der Waals surface area contributed by atoms with Crippen LogP contribution in [0.5, 0.6) is 0 Å². The Hall–Kier alpha value is -3.82. The highest BCUT2D eigenvalue weighted by atomic mass is 16.6. The average molecular weight is 373 g/mol. The van der Waals surface area contributed by atoms with Gasteiger partial charge in [-0.3, -0.25) is 34.7 Å². The number of non-ortho nitro benzene ring substituents is 2. The van der Waals surface area contributed by atoms with Crippen LogP contribution in [-0.4, -0.2) is 34.9 Å². The van der Waals surface area contributed by atoms with Gasteiger partial charge in [0, 0.05) is 17.8 Å². The van der Waals surface area contributed by atoms with Crippen molar-refractivity contribution in [3.8, 4) is 0 Å². The summed E-state index contributed by atoms with van der Waals surface area (Å²) < 4.78 is 4.85. The fourth-order valence-electron chi connectivity index (χ4n) is 2.31. The molecule has 0 saturated heterocycles. The van der Waals surface area contributed by atoms with Crippen molar-refractivity contribution in [2.45, 2.75) is 6.92 Å². The van der Waals surface area contributed by atoms with Gasteiger partial charge in [0.15, 0.2) is 0 Å². The molecule has 0 atom stereocenters. The fourth-order valence-corrected chi connectivity index (χ4v) is 2.31. The number of nitrogens with zero attached hydrogens (tertiary/aromatic N) is 3. The van der Waals surface area contributed by atoms with E-state index in [-0.39, 0.29) is 12.2 Å².